The van der Waals surface area contributed by atoms with E-state index in [4.69, 9.17) is 4.74 Å². The summed E-state index contributed by atoms with van der Waals surface area (Å²) in [4.78, 5) is 41.5. The summed E-state index contributed by atoms with van der Waals surface area (Å²) in [7, 11) is 1.49. The van der Waals surface area contributed by atoms with Crippen molar-refractivity contribution in [3.05, 3.63) is 48.0 Å². The molecule has 1 saturated heterocycles. The number of hydrogen-bond donors (Lipinski definition) is 3. The zero-order valence-corrected chi connectivity index (χ0v) is 25.7. The van der Waals surface area contributed by atoms with E-state index in [0.717, 1.165) is 42.3 Å². The van der Waals surface area contributed by atoms with E-state index in [1.54, 1.807) is 18.7 Å². The first-order valence-electron chi connectivity index (χ1n) is 14.0. The molecular weight excluding hydrogens is 528 g/mol. The summed E-state index contributed by atoms with van der Waals surface area (Å²) in [5.74, 6) is -0.748. The first-order chi connectivity index (χ1) is 18.4. The van der Waals surface area contributed by atoms with Crippen LogP contribution in [0.4, 0.5) is 0 Å². The molecule has 1 aliphatic rings. The van der Waals surface area contributed by atoms with Gasteiger partial charge < -0.3 is 25.6 Å². The predicted molar refractivity (Wildman–Crippen MR) is 163 cm³/mol. The van der Waals surface area contributed by atoms with Crippen molar-refractivity contribution >= 4 is 40.9 Å². The van der Waals surface area contributed by atoms with Crippen molar-refractivity contribution in [3.8, 4) is 0 Å². The molecule has 222 valence electrons. The maximum atomic E-state index is 13.5. The minimum Gasteiger partial charge on any atom is -0.369 e. The number of methoxy groups -OCH3 is 1. The molecule has 1 heterocycles. The second-order valence-electron chi connectivity index (χ2n) is 12.2. The van der Waals surface area contributed by atoms with Crippen LogP contribution in [0.3, 0.4) is 0 Å². The molecule has 3 rings (SSSR count). The Kier molecular flexibility index (Phi) is 12.4. The molecule has 2 aromatic rings. The molecule has 0 unspecified atom stereocenters. The highest BCUT2D eigenvalue weighted by molar-refractivity contribution is 5.94. The van der Waals surface area contributed by atoms with Gasteiger partial charge in [0.2, 0.25) is 11.8 Å². The van der Waals surface area contributed by atoms with Crippen LogP contribution in [0, 0.1) is 5.41 Å². The largest absolute Gasteiger partial charge is 0.369 e. The third-order valence-electron chi connectivity index (χ3n) is 7.21. The molecule has 0 radical (unpaired) electrons. The normalized spacial score (nSPS) is 16.4. The van der Waals surface area contributed by atoms with E-state index in [0.29, 0.717) is 25.9 Å². The van der Waals surface area contributed by atoms with Crippen LogP contribution in [0.1, 0.15) is 59.4 Å². The molecule has 3 N–H and O–H groups in total. The topological polar surface area (TPSA) is 99.8 Å². The van der Waals surface area contributed by atoms with Crippen LogP contribution in [0.2, 0.25) is 0 Å². The smallest absolute Gasteiger partial charge is 0.254 e. The number of fused-ring (bicyclic) bond motifs is 1. The van der Waals surface area contributed by atoms with Gasteiger partial charge in [-0.1, -0.05) is 63.2 Å². The van der Waals surface area contributed by atoms with Crippen LogP contribution >= 0.6 is 12.4 Å². The second-order valence-corrected chi connectivity index (χ2v) is 12.2. The second kappa shape index (κ2) is 14.8. The molecule has 1 aliphatic heterocycles. The lowest BCUT2D eigenvalue weighted by molar-refractivity contribution is -0.154. The van der Waals surface area contributed by atoms with Crippen molar-refractivity contribution in [3.63, 3.8) is 0 Å². The minimum atomic E-state index is -1.02. The van der Waals surface area contributed by atoms with E-state index >= 15 is 0 Å². The van der Waals surface area contributed by atoms with Crippen LogP contribution in [-0.2, 0) is 25.5 Å². The van der Waals surface area contributed by atoms with E-state index in [1.165, 1.54) is 7.11 Å². The maximum Gasteiger partial charge on any atom is 0.254 e. The summed E-state index contributed by atoms with van der Waals surface area (Å²) < 4.78 is 5.37. The summed E-state index contributed by atoms with van der Waals surface area (Å²) in [6, 6.07) is 12.8. The van der Waals surface area contributed by atoms with Gasteiger partial charge in [-0.25, -0.2) is 0 Å². The summed E-state index contributed by atoms with van der Waals surface area (Å²) in [6.45, 7) is 12.6. The maximum absolute atomic E-state index is 13.5. The Bertz CT molecular complexity index is 1150. The first kappa shape index (κ1) is 33.5. The number of nitrogens with one attached hydrogen (secondary N) is 3. The average Bonchev–Trinajstić information content (AvgIpc) is 3.39. The molecule has 0 spiro atoms. The number of amides is 3. The number of likely N-dealkylation sites (tertiary alicyclic amines) is 1. The van der Waals surface area contributed by atoms with Crippen LogP contribution in [-0.4, -0.2) is 73.6 Å². The standard InChI is InChI=1S/C31H46N4O4.ClH/c1-30(2,3)21-32-16-10-17-33-27(36)25(20-22-14-15-23-11-7-8-12-24(23)19-22)34-28(37)26-13-9-18-35(26)29(38)31(4,5)39-6;/h7-8,11-12,14-15,19,25-26,32H,9-10,13,16-18,20-21H2,1-6H3,(H,33,36)(H,34,37);1H/t25-,26+;/m1./s1. The fourth-order valence-electron chi connectivity index (χ4n) is 4.81. The van der Waals surface area contributed by atoms with E-state index in [9.17, 15) is 14.4 Å². The van der Waals surface area contributed by atoms with Gasteiger partial charge in [-0.05, 0) is 68.0 Å². The Morgan fingerprint density at radius 2 is 1.73 bits per heavy atom. The van der Waals surface area contributed by atoms with Crippen molar-refractivity contribution in [1.82, 2.24) is 20.9 Å². The van der Waals surface area contributed by atoms with Gasteiger partial charge in [-0.3, -0.25) is 14.4 Å². The Morgan fingerprint density at radius 3 is 2.40 bits per heavy atom. The zero-order valence-electron chi connectivity index (χ0n) is 24.8. The quantitative estimate of drug-likeness (QED) is 0.334. The van der Waals surface area contributed by atoms with Crippen molar-refractivity contribution in [2.45, 2.75) is 78.0 Å². The monoisotopic (exact) mass is 574 g/mol. The van der Waals surface area contributed by atoms with Crippen molar-refractivity contribution in [1.29, 1.82) is 0 Å². The Labute approximate surface area is 245 Å². The van der Waals surface area contributed by atoms with Gasteiger partial charge in [-0.2, -0.15) is 0 Å². The van der Waals surface area contributed by atoms with Crippen molar-refractivity contribution in [2.75, 3.05) is 33.3 Å². The molecule has 0 bridgehead atoms. The molecule has 1 fully saturated rings. The van der Waals surface area contributed by atoms with E-state index in [1.807, 2.05) is 36.4 Å². The van der Waals surface area contributed by atoms with E-state index in [-0.39, 0.29) is 35.5 Å². The highest BCUT2D eigenvalue weighted by Crippen LogP contribution is 2.24. The summed E-state index contributed by atoms with van der Waals surface area (Å²) in [5.41, 5.74) is 0.138. The highest BCUT2D eigenvalue weighted by atomic mass is 35.5. The predicted octanol–water partition coefficient (Wildman–Crippen LogP) is 3.85. The molecule has 3 amide bonds. The van der Waals surface area contributed by atoms with Gasteiger partial charge in [-0.15, -0.1) is 12.4 Å². The number of hydrogen-bond acceptors (Lipinski definition) is 5. The lowest BCUT2D eigenvalue weighted by atomic mass is 9.97. The molecular formula is C31H47ClN4O4. The van der Waals surface area contributed by atoms with Gasteiger partial charge in [0, 0.05) is 26.6 Å². The number of carbonyl (C=O) groups excluding carboxylic acids is 3. The van der Waals surface area contributed by atoms with Gasteiger partial charge >= 0.3 is 0 Å². The van der Waals surface area contributed by atoms with Gasteiger partial charge in [0.1, 0.15) is 17.7 Å². The average molecular weight is 575 g/mol. The Hall–Kier alpha value is -2.68. The molecule has 2 atom stereocenters. The minimum absolute atomic E-state index is 0. The number of rotatable bonds is 12. The number of ether oxygens (including phenoxy) is 1. The fraction of sp³-hybridized carbons (Fsp3) is 0.581. The zero-order chi connectivity index (χ0) is 28.6. The van der Waals surface area contributed by atoms with Crippen LogP contribution in [0.25, 0.3) is 10.8 Å². The molecule has 9 heteroatoms. The Balaban J connectivity index is 0.00000560. The number of nitrogens with zero attached hydrogens (tertiary/aromatic N) is 1. The van der Waals surface area contributed by atoms with Gasteiger partial charge in [0.05, 0.1) is 0 Å². The highest BCUT2D eigenvalue weighted by Gasteiger charge is 2.41. The van der Waals surface area contributed by atoms with Crippen molar-refractivity contribution in [2.24, 2.45) is 5.41 Å². The Morgan fingerprint density at radius 1 is 1.02 bits per heavy atom. The first-order valence-corrected chi connectivity index (χ1v) is 14.0. The van der Waals surface area contributed by atoms with Crippen LogP contribution in [0.15, 0.2) is 42.5 Å². The number of benzene rings is 2. The molecule has 2 aromatic carbocycles. The lowest BCUT2D eigenvalue weighted by Gasteiger charge is -2.32. The van der Waals surface area contributed by atoms with Gasteiger partial charge in [0.15, 0.2) is 0 Å². The SMILES string of the molecule is COC(C)(C)C(=O)N1CCC[C@H]1C(=O)N[C@H](Cc1ccc2ccccc2c1)C(=O)NCCCNCC(C)(C)C.Cl. The van der Waals surface area contributed by atoms with Gasteiger partial charge in [0.25, 0.3) is 5.91 Å². The molecule has 8 nitrogen and oxygen atoms in total. The molecule has 0 saturated carbocycles. The summed E-state index contributed by atoms with van der Waals surface area (Å²) >= 11 is 0. The third kappa shape index (κ3) is 9.46. The van der Waals surface area contributed by atoms with Crippen molar-refractivity contribution < 1.29 is 19.1 Å². The van der Waals surface area contributed by atoms with Crippen LogP contribution < -0.4 is 16.0 Å². The van der Waals surface area contributed by atoms with Crippen LogP contribution in [0.5, 0.6) is 0 Å². The van der Waals surface area contributed by atoms with E-state index in [2.05, 4.69) is 42.8 Å². The number of carbonyl (C=O) groups is 3. The van der Waals surface area contributed by atoms with E-state index < -0.39 is 17.7 Å². The fourth-order valence-corrected chi connectivity index (χ4v) is 4.81. The molecule has 40 heavy (non-hydrogen) atoms. The molecule has 0 aliphatic carbocycles. The summed E-state index contributed by atoms with van der Waals surface area (Å²) in [6.07, 6.45) is 2.43. The third-order valence-corrected chi connectivity index (χ3v) is 7.21. The summed E-state index contributed by atoms with van der Waals surface area (Å²) in [5, 5.41) is 11.6. The lowest BCUT2D eigenvalue weighted by Crippen LogP contribution is -2.56. The molecule has 0 aromatic heterocycles. The number of halogens is 1.